The van der Waals surface area contributed by atoms with Crippen molar-refractivity contribution in [3.8, 4) is 0 Å². The molecule has 1 fully saturated rings. The summed E-state index contributed by atoms with van der Waals surface area (Å²) in [6, 6.07) is 0. The molecule has 1 aliphatic heterocycles. The van der Waals surface area contributed by atoms with E-state index in [1.54, 1.807) is 0 Å². The van der Waals surface area contributed by atoms with Gasteiger partial charge in [0.2, 0.25) is 10.0 Å². The van der Waals surface area contributed by atoms with Gasteiger partial charge in [-0.25, -0.2) is 8.42 Å². The largest absolute Gasteiger partial charge is 0.395 e. The lowest BCUT2D eigenvalue weighted by Crippen LogP contribution is -2.36. The van der Waals surface area contributed by atoms with Crippen LogP contribution in [0.1, 0.15) is 6.42 Å². The molecule has 15 heavy (non-hydrogen) atoms. The number of nitrogens with zero attached hydrogens (tertiary/aromatic N) is 2. The quantitative estimate of drug-likeness (QED) is 0.722. The topological polar surface area (TPSA) is 60.9 Å². The van der Waals surface area contributed by atoms with Gasteiger partial charge in [0.05, 0.1) is 6.61 Å². The molecule has 0 spiro atoms. The lowest BCUT2D eigenvalue weighted by molar-refractivity contribution is 0.202. The number of aliphatic hydroxyl groups excluding tert-OH is 1. The van der Waals surface area contributed by atoms with Crippen LogP contribution >= 0.6 is 15.9 Å². The number of sulfonamides is 1. The first-order chi connectivity index (χ1) is 7.10. The number of hydrogen-bond acceptors (Lipinski definition) is 4. The summed E-state index contributed by atoms with van der Waals surface area (Å²) in [4.78, 5) is 2.09. The van der Waals surface area contributed by atoms with Crippen molar-refractivity contribution in [3.63, 3.8) is 0 Å². The van der Waals surface area contributed by atoms with Crippen molar-refractivity contribution in [1.82, 2.24) is 9.21 Å². The van der Waals surface area contributed by atoms with Gasteiger partial charge in [0, 0.05) is 26.2 Å². The van der Waals surface area contributed by atoms with E-state index < -0.39 is 10.0 Å². The Kier molecular flexibility index (Phi) is 5.48. The van der Waals surface area contributed by atoms with Crippen molar-refractivity contribution in [3.05, 3.63) is 0 Å². The van der Waals surface area contributed by atoms with Gasteiger partial charge in [-0.1, -0.05) is 15.9 Å². The second kappa shape index (κ2) is 6.15. The fourth-order valence-corrected chi connectivity index (χ4v) is 3.43. The molecule has 0 aromatic carbocycles. The van der Waals surface area contributed by atoms with Gasteiger partial charge >= 0.3 is 0 Å². The molecule has 0 atom stereocenters. The lowest BCUT2D eigenvalue weighted by Gasteiger charge is -2.20. The number of hydrogen-bond donors (Lipinski definition) is 1. The predicted octanol–water partition coefficient (Wildman–Crippen LogP) is -0.331. The van der Waals surface area contributed by atoms with Gasteiger partial charge in [0.1, 0.15) is 4.66 Å². The summed E-state index contributed by atoms with van der Waals surface area (Å²) < 4.78 is 24.7. The smallest absolute Gasteiger partial charge is 0.224 e. The second-order valence-corrected chi connectivity index (χ2v) is 6.81. The molecule has 7 heteroatoms. The van der Waals surface area contributed by atoms with E-state index in [1.807, 2.05) is 0 Å². The Balaban J connectivity index is 2.53. The van der Waals surface area contributed by atoms with Crippen molar-refractivity contribution >= 4 is 26.0 Å². The van der Waals surface area contributed by atoms with E-state index in [-0.39, 0.29) is 11.3 Å². The zero-order valence-corrected chi connectivity index (χ0v) is 11.0. The maximum absolute atomic E-state index is 11.6. The Morgan fingerprint density at radius 3 is 2.53 bits per heavy atom. The molecule has 1 N–H and O–H groups in total. The van der Waals surface area contributed by atoms with E-state index >= 15 is 0 Å². The zero-order chi connectivity index (χ0) is 11.3. The highest BCUT2D eigenvalue weighted by Crippen LogP contribution is 2.10. The Hall–Kier alpha value is 0.310. The highest BCUT2D eigenvalue weighted by atomic mass is 79.9. The summed E-state index contributed by atoms with van der Waals surface area (Å²) in [6.45, 7) is 3.42. The Bertz CT molecular complexity index is 284. The van der Waals surface area contributed by atoms with E-state index in [2.05, 4.69) is 20.8 Å². The summed E-state index contributed by atoms with van der Waals surface area (Å²) >= 11 is 2.99. The summed E-state index contributed by atoms with van der Waals surface area (Å²) in [5, 5.41) is 8.80. The van der Waals surface area contributed by atoms with Crippen LogP contribution in [-0.2, 0) is 10.0 Å². The fourth-order valence-electron chi connectivity index (χ4n) is 1.66. The van der Waals surface area contributed by atoms with Gasteiger partial charge < -0.3 is 5.11 Å². The molecule has 0 amide bonds. The van der Waals surface area contributed by atoms with Gasteiger partial charge in [0.25, 0.3) is 0 Å². The first-order valence-electron chi connectivity index (χ1n) is 4.97. The van der Waals surface area contributed by atoms with Crippen LogP contribution in [0.15, 0.2) is 0 Å². The third kappa shape index (κ3) is 3.99. The van der Waals surface area contributed by atoms with Crippen LogP contribution in [0.2, 0.25) is 0 Å². The minimum atomic E-state index is -3.12. The van der Waals surface area contributed by atoms with Crippen molar-refractivity contribution < 1.29 is 13.5 Å². The molecule has 0 aromatic rings. The van der Waals surface area contributed by atoms with Gasteiger partial charge in [-0.2, -0.15) is 4.31 Å². The third-order valence-corrected chi connectivity index (χ3v) is 5.66. The van der Waals surface area contributed by atoms with Crippen LogP contribution < -0.4 is 0 Å². The molecule has 0 unspecified atom stereocenters. The molecular weight excluding hydrogens is 284 g/mol. The molecule has 90 valence electrons. The maximum atomic E-state index is 11.6. The third-order valence-electron chi connectivity index (χ3n) is 2.49. The van der Waals surface area contributed by atoms with Crippen molar-refractivity contribution in [1.29, 1.82) is 0 Å². The molecule has 1 heterocycles. The standard InChI is InChI=1S/C8H17BrN2O3S/c9-8-15(13,14)11-3-1-2-10(4-5-11)6-7-12/h12H,1-8H2. The predicted molar refractivity (Wildman–Crippen MR) is 62.4 cm³/mol. The average Bonchev–Trinajstić information content (AvgIpc) is 2.44. The maximum Gasteiger partial charge on any atom is 0.224 e. The average molecular weight is 301 g/mol. The van der Waals surface area contributed by atoms with Crippen LogP contribution in [-0.4, -0.2) is 66.7 Å². The second-order valence-electron chi connectivity index (χ2n) is 3.54. The molecule has 5 nitrogen and oxygen atoms in total. The fraction of sp³-hybridized carbons (Fsp3) is 1.00. The monoisotopic (exact) mass is 300 g/mol. The van der Waals surface area contributed by atoms with Crippen LogP contribution in [0.25, 0.3) is 0 Å². The Morgan fingerprint density at radius 1 is 1.20 bits per heavy atom. The van der Waals surface area contributed by atoms with Gasteiger partial charge in [0.15, 0.2) is 0 Å². The van der Waals surface area contributed by atoms with E-state index in [9.17, 15) is 8.42 Å². The molecular formula is C8H17BrN2O3S. The number of β-amino-alcohol motifs (C(OH)–C–C–N with tert-alkyl or cyclic N) is 1. The number of rotatable bonds is 4. The number of halogens is 1. The summed E-state index contributed by atoms with van der Waals surface area (Å²) in [5.41, 5.74) is 0. The molecule has 0 aliphatic carbocycles. The molecule has 0 radical (unpaired) electrons. The molecule has 1 rings (SSSR count). The van der Waals surface area contributed by atoms with Crippen LogP contribution in [0.3, 0.4) is 0 Å². The first-order valence-corrected chi connectivity index (χ1v) is 7.70. The normalized spacial score (nSPS) is 21.5. The number of aliphatic hydroxyl groups is 1. The van der Waals surface area contributed by atoms with E-state index in [0.29, 0.717) is 26.2 Å². The van der Waals surface area contributed by atoms with E-state index in [4.69, 9.17) is 5.11 Å². The van der Waals surface area contributed by atoms with Crippen molar-refractivity contribution in [2.45, 2.75) is 6.42 Å². The Labute approximate surface area is 99.2 Å². The minimum Gasteiger partial charge on any atom is -0.395 e. The van der Waals surface area contributed by atoms with Gasteiger partial charge in [-0.3, -0.25) is 4.90 Å². The van der Waals surface area contributed by atoms with Crippen molar-refractivity contribution in [2.75, 3.05) is 44.0 Å². The SMILES string of the molecule is O=S(=O)(CBr)N1CCCN(CCO)CC1. The first kappa shape index (κ1) is 13.4. The van der Waals surface area contributed by atoms with E-state index in [0.717, 1.165) is 13.0 Å². The molecule has 0 bridgehead atoms. The van der Waals surface area contributed by atoms with Gasteiger partial charge in [-0.05, 0) is 13.0 Å². The molecule has 1 saturated heterocycles. The van der Waals surface area contributed by atoms with Crippen LogP contribution in [0, 0.1) is 0 Å². The zero-order valence-electron chi connectivity index (χ0n) is 8.60. The van der Waals surface area contributed by atoms with Crippen molar-refractivity contribution in [2.24, 2.45) is 0 Å². The number of alkyl halides is 1. The van der Waals surface area contributed by atoms with Crippen LogP contribution in [0.4, 0.5) is 0 Å². The van der Waals surface area contributed by atoms with E-state index in [1.165, 1.54) is 4.31 Å². The van der Waals surface area contributed by atoms with Gasteiger partial charge in [-0.15, -0.1) is 0 Å². The highest BCUT2D eigenvalue weighted by Gasteiger charge is 2.23. The highest BCUT2D eigenvalue weighted by molar-refractivity contribution is 9.10. The molecule has 0 saturated carbocycles. The molecule has 1 aliphatic rings. The lowest BCUT2D eigenvalue weighted by atomic mass is 10.4. The molecule has 0 aromatic heterocycles. The summed E-state index contributed by atoms with van der Waals surface area (Å²) in [6.07, 6.45) is 0.826. The minimum absolute atomic E-state index is 0.0139. The summed E-state index contributed by atoms with van der Waals surface area (Å²) in [5.74, 6) is 0. The Morgan fingerprint density at radius 2 is 1.93 bits per heavy atom. The summed E-state index contributed by atoms with van der Waals surface area (Å²) in [7, 11) is -3.12. The van der Waals surface area contributed by atoms with Crippen LogP contribution in [0.5, 0.6) is 0 Å².